The molecule has 0 bridgehead atoms. The Hall–Kier alpha value is -1.37. The van der Waals surface area contributed by atoms with Gasteiger partial charge < -0.3 is 5.11 Å². The number of halogens is 1. The van der Waals surface area contributed by atoms with Crippen molar-refractivity contribution in [2.45, 2.75) is 11.3 Å². The molecule has 0 aromatic heterocycles. The first kappa shape index (κ1) is 14.7. The van der Waals surface area contributed by atoms with Crippen molar-refractivity contribution in [3.63, 3.8) is 0 Å². The Kier molecular flexibility index (Phi) is 4.89. The zero-order valence-electron chi connectivity index (χ0n) is 9.39. The van der Waals surface area contributed by atoms with Crippen LogP contribution in [0.5, 0.6) is 0 Å². The van der Waals surface area contributed by atoms with E-state index in [1.807, 2.05) is 0 Å². The number of carboxylic acids is 1. The van der Waals surface area contributed by atoms with Crippen LogP contribution in [0.25, 0.3) is 0 Å². The number of carboxylic acid groups (broad SMARTS) is 1. The zero-order valence-corrected chi connectivity index (χ0v) is 11.0. The molecule has 0 aliphatic rings. The van der Waals surface area contributed by atoms with Gasteiger partial charge in [0.25, 0.3) is 0 Å². The summed E-state index contributed by atoms with van der Waals surface area (Å²) >= 11 is 5.77. The standard InChI is InChI=1S/C11H12ClNO4S/c1-2-3-6-13-18(16,17)10-7-8(11(14)15)4-5-9(10)12/h2,4-5,7,13H,1,3,6H2,(H,14,15). The van der Waals surface area contributed by atoms with Gasteiger partial charge in [0, 0.05) is 6.54 Å². The van der Waals surface area contributed by atoms with Crippen LogP contribution in [-0.4, -0.2) is 26.0 Å². The largest absolute Gasteiger partial charge is 0.478 e. The molecule has 0 saturated heterocycles. The van der Waals surface area contributed by atoms with Gasteiger partial charge in [-0.2, -0.15) is 0 Å². The van der Waals surface area contributed by atoms with Crippen LogP contribution in [0.3, 0.4) is 0 Å². The predicted octanol–water partition coefficient (Wildman–Crippen LogP) is 1.89. The molecular formula is C11H12ClNO4S. The maximum atomic E-state index is 11.9. The molecule has 0 fully saturated rings. The number of sulfonamides is 1. The Morgan fingerprint density at radius 3 is 2.72 bits per heavy atom. The second kappa shape index (κ2) is 5.99. The van der Waals surface area contributed by atoms with Crippen LogP contribution >= 0.6 is 11.6 Å². The zero-order chi connectivity index (χ0) is 13.8. The summed E-state index contributed by atoms with van der Waals surface area (Å²) in [6.45, 7) is 3.65. The van der Waals surface area contributed by atoms with E-state index in [9.17, 15) is 13.2 Å². The van der Waals surface area contributed by atoms with E-state index >= 15 is 0 Å². The average molecular weight is 290 g/mol. The first-order valence-electron chi connectivity index (χ1n) is 5.02. The number of rotatable bonds is 6. The van der Waals surface area contributed by atoms with E-state index in [4.69, 9.17) is 16.7 Å². The van der Waals surface area contributed by atoms with E-state index in [-0.39, 0.29) is 22.0 Å². The summed E-state index contributed by atoms with van der Waals surface area (Å²) in [5.74, 6) is -1.21. The van der Waals surface area contributed by atoms with Crippen molar-refractivity contribution < 1.29 is 18.3 Å². The lowest BCUT2D eigenvalue weighted by Crippen LogP contribution is -2.25. The third-order valence-electron chi connectivity index (χ3n) is 2.11. The third kappa shape index (κ3) is 3.56. The molecule has 5 nitrogen and oxygen atoms in total. The minimum atomic E-state index is -3.81. The van der Waals surface area contributed by atoms with Gasteiger partial charge in [-0.15, -0.1) is 6.58 Å². The topological polar surface area (TPSA) is 83.5 Å². The molecule has 98 valence electrons. The number of nitrogens with one attached hydrogen (secondary N) is 1. The van der Waals surface area contributed by atoms with Gasteiger partial charge in [0.05, 0.1) is 10.6 Å². The van der Waals surface area contributed by atoms with Crippen LogP contribution in [0.15, 0.2) is 35.7 Å². The maximum absolute atomic E-state index is 11.9. The predicted molar refractivity (Wildman–Crippen MR) is 68.4 cm³/mol. The molecular weight excluding hydrogens is 278 g/mol. The number of hydrogen-bond acceptors (Lipinski definition) is 3. The SMILES string of the molecule is C=CCCNS(=O)(=O)c1cc(C(=O)O)ccc1Cl. The molecule has 0 unspecified atom stereocenters. The molecule has 18 heavy (non-hydrogen) atoms. The highest BCUT2D eigenvalue weighted by Gasteiger charge is 2.19. The van der Waals surface area contributed by atoms with Crippen molar-refractivity contribution in [2.75, 3.05) is 6.54 Å². The smallest absolute Gasteiger partial charge is 0.335 e. The van der Waals surface area contributed by atoms with Crippen LogP contribution in [0.1, 0.15) is 16.8 Å². The van der Waals surface area contributed by atoms with Gasteiger partial charge >= 0.3 is 5.97 Å². The Morgan fingerprint density at radius 1 is 1.50 bits per heavy atom. The lowest BCUT2D eigenvalue weighted by molar-refractivity contribution is 0.0696. The number of hydrogen-bond donors (Lipinski definition) is 2. The van der Waals surface area contributed by atoms with Gasteiger partial charge in [-0.25, -0.2) is 17.9 Å². The summed E-state index contributed by atoms with van der Waals surface area (Å²) in [7, 11) is -3.81. The van der Waals surface area contributed by atoms with Crippen LogP contribution in [0, 0.1) is 0 Å². The molecule has 1 aromatic rings. The van der Waals surface area contributed by atoms with E-state index in [1.165, 1.54) is 12.1 Å². The monoisotopic (exact) mass is 289 g/mol. The Balaban J connectivity index is 3.10. The second-order valence-corrected chi connectivity index (χ2v) is 5.57. The first-order chi connectivity index (χ1) is 8.38. The minimum absolute atomic E-state index is 0.0221. The molecule has 0 saturated carbocycles. The molecule has 0 aliphatic carbocycles. The molecule has 7 heteroatoms. The molecule has 0 amide bonds. The number of aromatic carboxylic acids is 1. The molecule has 1 rings (SSSR count). The molecule has 0 spiro atoms. The fraction of sp³-hybridized carbons (Fsp3) is 0.182. The first-order valence-corrected chi connectivity index (χ1v) is 6.88. The van der Waals surface area contributed by atoms with Crippen LogP contribution in [-0.2, 0) is 10.0 Å². The Morgan fingerprint density at radius 2 is 2.17 bits per heavy atom. The fourth-order valence-corrected chi connectivity index (χ4v) is 2.79. The summed E-state index contributed by atoms with van der Waals surface area (Å²) in [5, 5.41) is 8.79. The quantitative estimate of drug-likeness (QED) is 0.619. The summed E-state index contributed by atoms with van der Waals surface area (Å²) in [6, 6.07) is 3.52. The lowest BCUT2D eigenvalue weighted by atomic mass is 10.2. The molecule has 1 aromatic carbocycles. The van der Waals surface area contributed by atoms with E-state index < -0.39 is 16.0 Å². The summed E-state index contributed by atoms with van der Waals surface area (Å²) in [6.07, 6.45) is 2.03. The molecule has 0 heterocycles. The molecule has 0 atom stereocenters. The normalized spacial score (nSPS) is 11.2. The van der Waals surface area contributed by atoms with Gasteiger partial charge in [0.15, 0.2) is 0 Å². The van der Waals surface area contributed by atoms with E-state index in [2.05, 4.69) is 11.3 Å². The maximum Gasteiger partial charge on any atom is 0.335 e. The van der Waals surface area contributed by atoms with Crippen molar-refractivity contribution in [1.29, 1.82) is 0 Å². The molecule has 2 N–H and O–H groups in total. The lowest BCUT2D eigenvalue weighted by Gasteiger charge is -2.08. The van der Waals surface area contributed by atoms with Crippen molar-refractivity contribution in [1.82, 2.24) is 4.72 Å². The highest BCUT2D eigenvalue weighted by Crippen LogP contribution is 2.22. The Labute approximate surface area is 110 Å². The number of benzene rings is 1. The minimum Gasteiger partial charge on any atom is -0.478 e. The molecule has 0 aliphatic heterocycles. The van der Waals surface area contributed by atoms with Gasteiger partial charge in [-0.1, -0.05) is 17.7 Å². The molecule has 0 radical (unpaired) electrons. The van der Waals surface area contributed by atoms with Crippen molar-refractivity contribution >= 4 is 27.6 Å². The highest BCUT2D eigenvalue weighted by molar-refractivity contribution is 7.89. The van der Waals surface area contributed by atoms with E-state index in [0.717, 1.165) is 6.07 Å². The third-order valence-corrected chi connectivity index (χ3v) is 4.05. The average Bonchev–Trinajstić information content (AvgIpc) is 2.29. The summed E-state index contributed by atoms with van der Waals surface area (Å²) < 4.78 is 26.1. The van der Waals surface area contributed by atoms with Crippen LogP contribution < -0.4 is 4.72 Å². The van der Waals surface area contributed by atoms with Crippen molar-refractivity contribution in [2.24, 2.45) is 0 Å². The van der Waals surface area contributed by atoms with E-state index in [0.29, 0.717) is 6.42 Å². The van der Waals surface area contributed by atoms with Crippen molar-refractivity contribution in [3.8, 4) is 0 Å². The fourth-order valence-electron chi connectivity index (χ4n) is 1.22. The van der Waals surface area contributed by atoms with Crippen LogP contribution in [0.4, 0.5) is 0 Å². The van der Waals surface area contributed by atoms with Crippen molar-refractivity contribution in [3.05, 3.63) is 41.4 Å². The Bertz CT molecular complexity index is 568. The second-order valence-electron chi connectivity index (χ2n) is 3.43. The number of carbonyl (C=O) groups is 1. The highest BCUT2D eigenvalue weighted by atomic mass is 35.5. The summed E-state index contributed by atoms with van der Waals surface area (Å²) in [5.41, 5.74) is -0.136. The summed E-state index contributed by atoms with van der Waals surface area (Å²) in [4.78, 5) is 10.5. The van der Waals surface area contributed by atoms with Gasteiger partial charge in [-0.3, -0.25) is 0 Å². The van der Waals surface area contributed by atoms with Gasteiger partial charge in [0.1, 0.15) is 4.90 Å². The van der Waals surface area contributed by atoms with Gasteiger partial charge in [0.2, 0.25) is 10.0 Å². The van der Waals surface area contributed by atoms with Crippen LogP contribution in [0.2, 0.25) is 5.02 Å². The van der Waals surface area contributed by atoms with Gasteiger partial charge in [-0.05, 0) is 24.6 Å². The van der Waals surface area contributed by atoms with E-state index in [1.54, 1.807) is 6.08 Å².